The maximum Gasteiger partial charge on any atom is 0.147 e. The Morgan fingerprint density at radius 2 is 2.53 bits per heavy atom. The van der Waals surface area contributed by atoms with Crippen molar-refractivity contribution in [1.82, 2.24) is 5.32 Å². The minimum atomic E-state index is -0.146. The average Bonchev–Trinajstić information content (AvgIpc) is 2.87. The third-order valence-corrected chi connectivity index (χ3v) is 3.43. The third-order valence-electron chi connectivity index (χ3n) is 3.43. The number of carbonyl (C=O) groups excluding carboxylic acids is 1. The summed E-state index contributed by atoms with van der Waals surface area (Å²) in [5.74, 6) is 1.09. The summed E-state index contributed by atoms with van der Waals surface area (Å²) in [5, 5.41) is 3.27. The van der Waals surface area contributed by atoms with E-state index in [0.717, 1.165) is 31.7 Å². The zero-order chi connectivity index (χ0) is 10.7. The Morgan fingerprint density at radius 1 is 1.67 bits per heavy atom. The molecule has 1 aliphatic heterocycles. The van der Waals surface area contributed by atoms with Crippen LogP contribution in [0.5, 0.6) is 0 Å². The predicted octanol–water partition coefficient (Wildman–Crippen LogP) is 1.78. The van der Waals surface area contributed by atoms with E-state index >= 15 is 0 Å². The number of rotatable bonds is 4. The highest BCUT2D eigenvalue weighted by Crippen LogP contribution is 2.31. The van der Waals surface area contributed by atoms with E-state index in [1.54, 1.807) is 6.26 Å². The van der Waals surface area contributed by atoms with Crippen molar-refractivity contribution >= 4 is 5.78 Å². The van der Waals surface area contributed by atoms with Crippen molar-refractivity contribution < 1.29 is 9.21 Å². The van der Waals surface area contributed by atoms with Gasteiger partial charge in [0, 0.05) is 12.0 Å². The predicted molar refractivity (Wildman–Crippen MR) is 57.6 cm³/mol. The Balaban J connectivity index is 2.06. The highest BCUT2D eigenvalue weighted by Gasteiger charge is 2.38. The largest absolute Gasteiger partial charge is 0.469 e. The van der Waals surface area contributed by atoms with Crippen molar-refractivity contribution in [3.8, 4) is 0 Å². The van der Waals surface area contributed by atoms with Crippen LogP contribution in [0, 0.1) is 5.41 Å². The van der Waals surface area contributed by atoms with E-state index in [4.69, 9.17) is 4.42 Å². The minimum absolute atomic E-state index is 0.146. The molecular formula is C12H17NO2. The van der Waals surface area contributed by atoms with Crippen LogP contribution in [0.2, 0.25) is 0 Å². The Kier molecular flexibility index (Phi) is 2.91. The summed E-state index contributed by atoms with van der Waals surface area (Å²) < 4.78 is 5.21. The van der Waals surface area contributed by atoms with E-state index in [1.807, 2.05) is 12.1 Å². The molecule has 1 aromatic heterocycles. The van der Waals surface area contributed by atoms with Gasteiger partial charge in [-0.2, -0.15) is 0 Å². The Labute approximate surface area is 89.9 Å². The van der Waals surface area contributed by atoms with Gasteiger partial charge in [0.05, 0.1) is 12.7 Å². The summed E-state index contributed by atoms with van der Waals surface area (Å²) >= 11 is 0. The van der Waals surface area contributed by atoms with Crippen molar-refractivity contribution in [2.45, 2.75) is 26.2 Å². The molecule has 0 bridgehead atoms. The molecule has 2 rings (SSSR count). The monoisotopic (exact) mass is 207 g/mol. The van der Waals surface area contributed by atoms with Gasteiger partial charge in [0.2, 0.25) is 0 Å². The van der Waals surface area contributed by atoms with Crippen LogP contribution in [0.4, 0.5) is 0 Å². The van der Waals surface area contributed by atoms with Gasteiger partial charge in [0.1, 0.15) is 11.5 Å². The molecule has 1 aromatic rings. The normalized spacial score (nSPS) is 25.7. The van der Waals surface area contributed by atoms with Gasteiger partial charge < -0.3 is 9.73 Å². The highest BCUT2D eigenvalue weighted by molar-refractivity contribution is 5.87. The fourth-order valence-electron chi connectivity index (χ4n) is 2.24. The molecule has 3 heteroatoms. The standard InChI is InChI=1S/C12H17NO2/c1-2-12(5-6-13-9-12)11(14)8-10-4-3-7-15-10/h3-4,7,13H,2,5-6,8-9H2,1H3. The van der Waals surface area contributed by atoms with Crippen LogP contribution < -0.4 is 5.32 Å². The number of hydrogen-bond acceptors (Lipinski definition) is 3. The first-order valence-corrected chi connectivity index (χ1v) is 5.53. The number of furan rings is 1. The fraction of sp³-hybridized carbons (Fsp3) is 0.583. The molecule has 15 heavy (non-hydrogen) atoms. The molecule has 1 atom stereocenters. The van der Waals surface area contributed by atoms with Crippen LogP contribution in [-0.2, 0) is 11.2 Å². The molecule has 0 saturated carbocycles. The van der Waals surface area contributed by atoms with Crippen molar-refractivity contribution in [3.63, 3.8) is 0 Å². The molecule has 1 aliphatic rings. The number of ketones is 1. The number of hydrogen-bond donors (Lipinski definition) is 1. The maximum atomic E-state index is 12.2. The summed E-state index contributed by atoms with van der Waals surface area (Å²) in [6.07, 6.45) is 3.93. The van der Waals surface area contributed by atoms with Crippen molar-refractivity contribution in [1.29, 1.82) is 0 Å². The second kappa shape index (κ2) is 4.19. The molecule has 1 N–H and O–H groups in total. The summed E-state index contributed by atoms with van der Waals surface area (Å²) in [7, 11) is 0. The molecule has 2 heterocycles. The van der Waals surface area contributed by atoms with Gasteiger partial charge in [0.25, 0.3) is 0 Å². The molecular weight excluding hydrogens is 190 g/mol. The maximum absolute atomic E-state index is 12.2. The van der Waals surface area contributed by atoms with Gasteiger partial charge in [0.15, 0.2) is 0 Å². The molecule has 0 amide bonds. The van der Waals surface area contributed by atoms with Gasteiger partial charge in [-0.1, -0.05) is 6.92 Å². The molecule has 0 aliphatic carbocycles. The SMILES string of the molecule is CCC1(C(=O)Cc2ccco2)CCNC1. The first kappa shape index (κ1) is 10.4. The van der Waals surface area contributed by atoms with Gasteiger partial charge >= 0.3 is 0 Å². The van der Waals surface area contributed by atoms with E-state index in [2.05, 4.69) is 12.2 Å². The lowest BCUT2D eigenvalue weighted by Crippen LogP contribution is -2.34. The number of nitrogens with one attached hydrogen (secondary N) is 1. The molecule has 1 saturated heterocycles. The van der Waals surface area contributed by atoms with Crippen LogP contribution in [0.15, 0.2) is 22.8 Å². The smallest absolute Gasteiger partial charge is 0.147 e. The lowest BCUT2D eigenvalue weighted by atomic mass is 9.78. The summed E-state index contributed by atoms with van der Waals surface area (Å²) in [6.45, 7) is 3.87. The third kappa shape index (κ3) is 1.97. The molecule has 1 unspecified atom stereocenters. The molecule has 0 spiro atoms. The van der Waals surface area contributed by atoms with E-state index in [0.29, 0.717) is 12.2 Å². The molecule has 0 radical (unpaired) electrons. The zero-order valence-electron chi connectivity index (χ0n) is 9.08. The van der Waals surface area contributed by atoms with E-state index in [-0.39, 0.29) is 5.41 Å². The van der Waals surface area contributed by atoms with E-state index < -0.39 is 0 Å². The van der Waals surface area contributed by atoms with Gasteiger partial charge in [-0.25, -0.2) is 0 Å². The first-order chi connectivity index (χ1) is 7.27. The van der Waals surface area contributed by atoms with E-state index in [1.165, 1.54) is 0 Å². The average molecular weight is 207 g/mol. The van der Waals surface area contributed by atoms with Gasteiger partial charge in [-0.15, -0.1) is 0 Å². The topological polar surface area (TPSA) is 42.2 Å². The lowest BCUT2D eigenvalue weighted by Gasteiger charge is -2.24. The summed E-state index contributed by atoms with van der Waals surface area (Å²) in [5.41, 5.74) is -0.146. The van der Waals surface area contributed by atoms with Crippen molar-refractivity contribution in [2.24, 2.45) is 5.41 Å². The number of Topliss-reactive ketones (excluding diaryl/α,β-unsaturated/α-hetero) is 1. The molecule has 82 valence electrons. The van der Waals surface area contributed by atoms with E-state index in [9.17, 15) is 4.79 Å². The zero-order valence-corrected chi connectivity index (χ0v) is 9.08. The fourth-order valence-corrected chi connectivity index (χ4v) is 2.24. The summed E-state index contributed by atoms with van der Waals surface area (Å²) in [4.78, 5) is 12.2. The molecule has 3 nitrogen and oxygen atoms in total. The Morgan fingerprint density at radius 3 is 3.07 bits per heavy atom. The van der Waals surface area contributed by atoms with Crippen LogP contribution in [-0.4, -0.2) is 18.9 Å². The van der Waals surface area contributed by atoms with Gasteiger partial charge in [-0.05, 0) is 31.5 Å². The number of carbonyl (C=O) groups is 1. The van der Waals surface area contributed by atoms with Crippen LogP contribution in [0.25, 0.3) is 0 Å². The van der Waals surface area contributed by atoms with Crippen LogP contribution in [0.3, 0.4) is 0 Å². The van der Waals surface area contributed by atoms with Crippen LogP contribution in [0.1, 0.15) is 25.5 Å². The summed E-state index contributed by atoms with van der Waals surface area (Å²) in [6, 6.07) is 3.69. The highest BCUT2D eigenvalue weighted by atomic mass is 16.3. The first-order valence-electron chi connectivity index (χ1n) is 5.53. The lowest BCUT2D eigenvalue weighted by molar-refractivity contribution is -0.127. The Bertz CT molecular complexity index is 323. The molecule has 0 aromatic carbocycles. The van der Waals surface area contributed by atoms with Crippen molar-refractivity contribution in [3.05, 3.63) is 24.2 Å². The van der Waals surface area contributed by atoms with Crippen LogP contribution >= 0.6 is 0 Å². The minimum Gasteiger partial charge on any atom is -0.469 e. The van der Waals surface area contributed by atoms with Gasteiger partial charge in [-0.3, -0.25) is 4.79 Å². The quantitative estimate of drug-likeness (QED) is 0.818. The Hall–Kier alpha value is -1.09. The second-order valence-electron chi connectivity index (χ2n) is 4.24. The van der Waals surface area contributed by atoms with Crippen molar-refractivity contribution in [2.75, 3.05) is 13.1 Å². The second-order valence-corrected chi connectivity index (χ2v) is 4.24. The molecule has 1 fully saturated rings.